The van der Waals surface area contributed by atoms with Crippen molar-refractivity contribution >= 4 is 39.2 Å². The lowest BCUT2D eigenvalue weighted by Gasteiger charge is -2.14. The summed E-state index contributed by atoms with van der Waals surface area (Å²) in [7, 11) is 1.46. The zero-order chi connectivity index (χ0) is 24.2. The second-order valence-electron chi connectivity index (χ2n) is 7.65. The van der Waals surface area contributed by atoms with Crippen molar-refractivity contribution in [3.8, 4) is 11.5 Å². The summed E-state index contributed by atoms with van der Waals surface area (Å²) in [6.45, 7) is 2.09. The molecule has 8 heteroatoms. The first-order valence-electron chi connectivity index (χ1n) is 10.7. The van der Waals surface area contributed by atoms with Gasteiger partial charge in [-0.15, -0.1) is 0 Å². The van der Waals surface area contributed by atoms with Crippen LogP contribution in [0.25, 0.3) is 10.9 Å². The number of anilines is 1. The van der Waals surface area contributed by atoms with Gasteiger partial charge < -0.3 is 14.2 Å². The molecule has 4 rings (SSSR count). The van der Waals surface area contributed by atoms with Gasteiger partial charge in [-0.3, -0.25) is 4.98 Å². The number of nitrogens with zero attached hydrogens (tertiary/aromatic N) is 1. The molecule has 4 aromatic rings. The Balaban J connectivity index is 1.62. The minimum absolute atomic E-state index is 0.0258. The molecule has 3 aromatic carbocycles. The van der Waals surface area contributed by atoms with Crippen LogP contribution in [0.3, 0.4) is 0 Å². The summed E-state index contributed by atoms with van der Waals surface area (Å²) in [5.74, 6) is 0.833. The molecular weight excluding hydrogens is 475 g/mol. The van der Waals surface area contributed by atoms with E-state index in [0.29, 0.717) is 17.9 Å². The van der Waals surface area contributed by atoms with E-state index in [1.165, 1.54) is 12.1 Å². The van der Waals surface area contributed by atoms with Crippen molar-refractivity contribution in [3.05, 3.63) is 88.3 Å². The Kier molecular flexibility index (Phi) is 7.34. The average Bonchev–Trinajstić information content (AvgIpc) is 2.84. The third kappa shape index (κ3) is 5.00. The number of fused-ring (bicyclic) bond motifs is 1. The van der Waals surface area contributed by atoms with Crippen molar-refractivity contribution < 1.29 is 18.1 Å². The average molecular weight is 499 g/mol. The Morgan fingerprint density at radius 1 is 0.971 bits per heavy atom. The lowest BCUT2D eigenvalue weighted by molar-refractivity contribution is 0.410. The van der Waals surface area contributed by atoms with Gasteiger partial charge in [0.05, 0.1) is 30.3 Å². The highest BCUT2D eigenvalue weighted by Crippen LogP contribution is 2.31. The molecule has 0 spiro atoms. The highest BCUT2D eigenvalue weighted by atomic mass is 35.5. The largest absolute Gasteiger partial charge is 0.496 e. The molecule has 0 saturated heterocycles. The molecule has 34 heavy (non-hydrogen) atoms. The first-order valence-corrected chi connectivity index (χ1v) is 12.2. The molecule has 0 aliphatic heterocycles. The van der Waals surface area contributed by atoms with Crippen LogP contribution < -0.4 is 14.2 Å². The quantitative estimate of drug-likeness (QED) is 0.308. The Morgan fingerprint density at radius 2 is 1.74 bits per heavy atom. The van der Waals surface area contributed by atoms with Gasteiger partial charge in [0.25, 0.3) is 0 Å². The number of halogens is 2. The summed E-state index contributed by atoms with van der Waals surface area (Å²) in [5.41, 5.74) is 4.59. The number of nitrogens with one attached hydrogen (secondary N) is 1. The van der Waals surface area contributed by atoms with E-state index >= 15 is 0 Å². The number of methoxy groups -OCH3 is 2. The Bertz CT molecular complexity index is 1380. The van der Waals surface area contributed by atoms with Gasteiger partial charge in [0, 0.05) is 35.2 Å². The van der Waals surface area contributed by atoms with Crippen LogP contribution in [0.1, 0.15) is 23.6 Å². The first-order chi connectivity index (χ1) is 16.4. The van der Waals surface area contributed by atoms with Gasteiger partial charge >= 0.3 is 0 Å². The molecule has 0 fully saturated rings. The number of benzene rings is 3. The maximum absolute atomic E-state index is 14.1. The van der Waals surface area contributed by atoms with Gasteiger partial charge in [0.2, 0.25) is 0 Å². The van der Waals surface area contributed by atoms with Gasteiger partial charge in [-0.05, 0) is 59.5 Å². The minimum atomic E-state index is -1.79. The summed E-state index contributed by atoms with van der Waals surface area (Å²) in [6, 6.07) is 15.6. The molecule has 1 N–H and O–H groups in total. The molecule has 1 unspecified atom stereocenters. The maximum Gasteiger partial charge on any atom is 0.153 e. The molecule has 0 bridgehead atoms. The van der Waals surface area contributed by atoms with E-state index < -0.39 is 16.8 Å². The molecule has 1 aromatic heterocycles. The number of pyridine rings is 1. The summed E-state index contributed by atoms with van der Waals surface area (Å²) in [4.78, 5) is 4.53. The number of hydrogen-bond donors (Lipinski definition) is 1. The Labute approximate surface area is 205 Å². The molecular formula is C26H24ClFN2O3S. The zero-order valence-corrected chi connectivity index (χ0v) is 20.6. The highest BCUT2D eigenvalue weighted by Gasteiger charge is 2.14. The number of hydrogen-bond acceptors (Lipinski definition) is 4. The van der Waals surface area contributed by atoms with Gasteiger partial charge in [0.1, 0.15) is 17.3 Å². The van der Waals surface area contributed by atoms with E-state index in [1.807, 2.05) is 18.2 Å². The van der Waals surface area contributed by atoms with E-state index in [2.05, 4.69) is 22.7 Å². The molecule has 176 valence electrons. The molecule has 0 aliphatic carbocycles. The van der Waals surface area contributed by atoms with Gasteiger partial charge in [-0.25, -0.2) is 8.60 Å². The van der Waals surface area contributed by atoms with Crippen LogP contribution in [-0.2, 0) is 23.8 Å². The number of rotatable bonds is 8. The van der Waals surface area contributed by atoms with E-state index in [4.69, 9.17) is 21.1 Å². The standard InChI is InChI=1S/C26H24ClFN2O3S/c1-4-16-12-21-17(9-10-29-23(21)15-25(16)33-3)11-18-5-7-20(14-24(18)32-2)30-34(31)26-8-6-19(27)13-22(26)28/h5-10,12-15,30H,4,11H2,1-3H3. The van der Waals surface area contributed by atoms with Crippen molar-refractivity contribution in [2.45, 2.75) is 24.7 Å². The normalized spacial score (nSPS) is 11.9. The molecule has 0 radical (unpaired) electrons. The third-order valence-electron chi connectivity index (χ3n) is 5.59. The van der Waals surface area contributed by atoms with Gasteiger partial charge in [0.15, 0.2) is 11.0 Å². The lowest BCUT2D eigenvalue weighted by Crippen LogP contribution is -2.07. The fourth-order valence-electron chi connectivity index (χ4n) is 3.84. The van der Waals surface area contributed by atoms with E-state index in [-0.39, 0.29) is 9.92 Å². The fourth-order valence-corrected chi connectivity index (χ4v) is 4.88. The highest BCUT2D eigenvalue weighted by molar-refractivity contribution is 7.86. The predicted molar refractivity (Wildman–Crippen MR) is 135 cm³/mol. The second kappa shape index (κ2) is 10.4. The number of aromatic nitrogens is 1. The summed E-state index contributed by atoms with van der Waals surface area (Å²) in [6.07, 6.45) is 3.25. The van der Waals surface area contributed by atoms with Crippen LogP contribution in [-0.4, -0.2) is 23.4 Å². The monoisotopic (exact) mass is 498 g/mol. The van der Waals surface area contributed by atoms with Gasteiger partial charge in [-0.2, -0.15) is 0 Å². The number of ether oxygens (including phenoxy) is 2. The predicted octanol–water partition coefficient (Wildman–Crippen LogP) is 6.33. The van der Waals surface area contributed by atoms with E-state index in [9.17, 15) is 8.60 Å². The topological polar surface area (TPSA) is 60.5 Å². The van der Waals surface area contributed by atoms with Crippen molar-refractivity contribution in [1.82, 2.24) is 4.98 Å². The van der Waals surface area contributed by atoms with E-state index in [0.717, 1.165) is 45.8 Å². The summed E-state index contributed by atoms with van der Waals surface area (Å²) in [5, 5.41) is 1.31. The van der Waals surface area contributed by atoms with Crippen LogP contribution >= 0.6 is 11.6 Å². The lowest BCUT2D eigenvalue weighted by atomic mass is 9.98. The maximum atomic E-state index is 14.1. The van der Waals surface area contributed by atoms with Crippen molar-refractivity contribution in [2.75, 3.05) is 18.9 Å². The molecule has 1 atom stereocenters. The minimum Gasteiger partial charge on any atom is -0.496 e. The molecule has 1 heterocycles. The van der Waals surface area contributed by atoms with Crippen LogP contribution in [0, 0.1) is 5.82 Å². The van der Waals surface area contributed by atoms with Gasteiger partial charge in [-0.1, -0.05) is 24.6 Å². The smallest absolute Gasteiger partial charge is 0.153 e. The van der Waals surface area contributed by atoms with E-state index in [1.54, 1.807) is 32.5 Å². The second-order valence-corrected chi connectivity index (χ2v) is 9.27. The molecule has 0 saturated carbocycles. The Hall–Kier alpha value is -3.16. The molecule has 0 amide bonds. The van der Waals surface area contributed by atoms with Crippen molar-refractivity contribution in [2.24, 2.45) is 0 Å². The Morgan fingerprint density at radius 3 is 2.44 bits per heavy atom. The molecule has 5 nitrogen and oxygen atoms in total. The third-order valence-corrected chi connectivity index (χ3v) is 6.97. The summed E-state index contributed by atoms with van der Waals surface area (Å²) >= 11 is 5.79. The number of aryl methyl sites for hydroxylation is 1. The van der Waals surface area contributed by atoms with Crippen LogP contribution in [0.4, 0.5) is 10.1 Å². The van der Waals surface area contributed by atoms with Crippen LogP contribution in [0.2, 0.25) is 5.02 Å². The van der Waals surface area contributed by atoms with Crippen LogP contribution in [0.15, 0.2) is 65.7 Å². The molecule has 0 aliphatic rings. The van der Waals surface area contributed by atoms with Crippen molar-refractivity contribution in [3.63, 3.8) is 0 Å². The zero-order valence-electron chi connectivity index (χ0n) is 19.0. The van der Waals surface area contributed by atoms with Crippen molar-refractivity contribution in [1.29, 1.82) is 0 Å². The summed E-state index contributed by atoms with van der Waals surface area (Å²) < 4.78 is 40.7. The fraction of sp³-hybridized carbons (Fsp3) is 0.192. The first kappa shape index (κ1) is 24.0. The SMILES string of the molecule is CCc1cc2c(Cc3ccc(NS(=O)c4ccc(Cl)cc4F)cc3OC)ccnc2cc1OC. The van der Waals surface area contributed by atoms with Crippen LogP contribution in [0.5, 0.6) is 11.5 Å².